The molecule has 0 atom stereocenters. The third kappa shape index (κ3) is 5.72. The van der Waals surface area contributed by atoms with Crippen LogP contribution in [0.2, 0.25) is 0 Å². The van der Waals surface area contributed by atoms with E-state index >= 15 is 0 Å². The van der Waals surface area contributed by atoms with E-state index in [0.717, 1.165) is 6.42 Å². The van der Waals surface area contributed by atoms with Crippen molar-refractivity contribution in [2.45, 2.75) is 32.1 Å². The van der Waals surface area contributed by atoms with Crippen LogP contribution >= 0.6 is 0 Å². The third-order valence-electron chi connectivity index (χ3n) is 2.84. The van der Waals surface area contributed by atoms with E-state index < -0.39 is 9.84 Å². The maximum Gasteiger partial charge on any atom is 0.180 e. The third-order valence-corrected chi connectivity index (χ3v) is 4.53. The van der Waals surface area contributed by atoms with Gasteiger partial charge in [0, 0.05) is 6.61 Å². The van der Waals surface area contributed by atoms with Crippen molar-refractivity contribution in [3.05, 3.63) is 29.8 Å². The number of hydrogen-bond acceptors (Lipinski definition) is 4. The standard InChI is InChI=1S/C15H21NO3S/c1-15(2,3)8-9-19-10-11-20(17,18)14-6-4-13(12-16)5-7-14/h4-7H,8-11H2,1-3H3. The number of sulfone groups is 1. The Labute approximate surface area is 121 Å². The van der Waals surface area contributed by atoms with E-state index in [1.54, 1.807) is 0 Å². The first-order valence-electron chi connectivity index (χ1n) is 6.55. The van der Waals surface area contributed by atoms with Gasteiger partial charge in [0.2, 0.25) is 0 Å². The van der Waals surface area contributed by atoms with E-state index in [9.17, 15) is 8.42 Å². The van der Waals surface area contributed by atoms with Gasteiger partial charge in [-0.2, -0.15) is 5.26 Å². The highest BCUT2D eigenvalue weighted by molar-refractivity contribution is 7.91. The van der Waals surface area contributed by atoms with E-state index in [2.05, 4.69) is 20.8 Å². The predicted octanol–water partition coefficient (Wildman–Crippen LogP) is 2.78. The average molecular weight is 295 g/mol. The van der Waals surface area contributed by atoms with Crippen molar-refractivity contribution >= 4 is 9.84 Å². The highest BCUT2D eigenvalue weighted by atomic mass is 32.2. The molecular weight excluding hydrogens is 274 g/mol. The Morgan fingerprint density at radius 3 is 2.25 bits per heavy atom. The SMILES string of the molecule is CC(C)(C)CCOCCS(=O)(=O)c1ccc(C#N)cc1. The van der Waals surface area contributed by atoms with Crippen molar-refractivity contribution in [1.29, 1.82) is 5.26 Å². The molecule has 0 N–H and O–H groups in total. The second-order valence-electron chi connectivity index (χ2n) is 5.88. The van der Waals surface area contributed by atoms with Crippen molar-refractivity contribution < 1.29 is 13.2 Å². The van der Waals surface area contributed by atoms with E-state index in [0.29, 0.717) is 12.2 Å². The molecule has 1 rings (SSSR count). The summed E-state index contributed by atoms with van der Waals surface area (Å²) in [5.74, 6) is -0.0386. The molecular formula is C15H21NO3S. The van der Waals surface area contributed by atoms with Crippen LogP contribution in [0.4, 0.5) is 0 Å². The van der Waals surface area contributed by atoms with E-state index in [1.165, 1.54) is 24.3 Å². The Balaban J connectivity index is 2.47. The van der Waals surface area contributed by atoms with Gasteiger partial charge in [-0.15, -0.1) is 0 Å². The topological polar surface area (TPSA) is 67.2 Å². The van der Waals surface area contributed by atoms with Crippen LogP contribution in [-0.2, 0) is 14.6 Å². The van der Waals surface area contributed by atoms with Gasteiger partial charge in [0.1, 0.15) is 0 Å². The summed E-state index contributed by atoms with van der Waals surface area (Å²) in [7, 11) is -3.34. The number of nitriles is 1. The number of benzene rings is 1. The summed E-state index contributed by atoms with van der Waals surface area (Å²) in [4.78, 5) is 0.232. The first-order chi connectivity index (χ1) is 9.24. The van der Waals surface area contributed by atoms with E-state index in [1.807, 2.05) is 6.07 Å². The van der Waals surface area contributed by atoms with Crippen molar-refractivity contribution in [3.8, 4) is 6.07 Å². The van der Waals surface area contributed by atoms with Gasteiger partial charge in [-0.25, -0.2) is 8.42 Å². The van der Waals surface area contributed by atoms with Gasteiger partial charge < -0.3 is 4.74 Å². The highest BCUT2D eigenvalue weighted by Crippen LogP contribution is 2.18. The van der Waals surface area contributed by atoms with E-state index in [4.69, 9.17) is 10.00 Å². The average Bonchev–Trinajstić information content (AvgIpc) is 2.37. The van der Waals surface area contributed by atoms with Gasteiger partial charge >= 0.3 is 0 Å². The van der Waals surface area contributed by atoms with Crippen LogP contribution in [0, 0.1) is 16.7 Å². The minimum atomic E-state index is -3.34. The summed E-state index contributed by atoms with van der Waals surface area (Å²) in [6.45, 7) is 7.10. The summed E-state index contributed by atoms with van der Waals surface area (Å²) in [5, 5.41) is 8.68. The first-order valence-corrected chi connectivity index (χ1v) is 8.20. The molecule has 1 aromatic carbocycles. The van der Waals surface area contributed by atoms with Crippen molar-refractivity contribution in [3.63, 3.8) is 0 Å². The molecule has 0 bridgehead atoms. The summed E-state index contributed by atoms with van der Waals surface area (Å²) >= 11 is 0. The van der Waals surface area contributed by atoms with Gasteiger partial charge in [-0.05, 0) is 36.1 Å². The lowest BCUT2D eigenvalue weighted by molar-refractivity contribution is 0.120. The lowest BCUT2D eigenvalue weighted by atomic mass is 9.93. The first kappa shape index (κ1) is 16.7. The molecule has 0 saturated carbocycles. The summed E-state index contributed by atoms with van der Waals surface area (Å²) in [6, 6.07) is 7.90. The Kier molecular flexibility index (Phi) is 5.73. The van der Waals surface area contributed by atoms with Crippen LogP contribution < -0.4 is 0 Å². The molecule has 0 spiro atoms. The zero-order chi connectivity index (χ0) is 15.2. The molecule has 0 amide bonds. The zero-order valence-corrected chi connectivity index (χ0v) is 13.0. The summed E-state index contributed by atoms with van der Waals surface area (Å²) < 4.78 is 29.4. The lowest BCUT2D eigenvalue weighted by Gasteiger charge is -2.17. The molecule has 0 aromatic heterocycles. The molecule has 0 fully saturated rings. The molecule has 0 aliphatic heterocycles. The van der Waals surface area contributed by atoms with Crippen LogP contribution in [0.3, 0.4) is 0 Å². The Morgan fingerprint density at radius 2 is 1.75 bits per heavy atom. The summed E-state index contributed by atoms with van der Waals surface area (Å²) in [6.07, 6.45) is 0.893. The Morgan fingerprint density at radius 1 is 1.15 bits per heavy atom. The lowest BCUT2D eigenvalue weighted by Crippen LogP contribution is -2.15. The number of ether oxygens (including phenoxy) is 1. The maximum atomic E-state index is 12.0. The normalized spacial score (nSPS) is 12.1. The minimum Gasteiger partial charge on any atom is -0.380 e. The molecule has 0 unspecified atom stereocenters. The number of rotatable bonds is 6. The van der Waals surface area contributed by atoms with Crippen LogP contribution in [0.5, 0.6) is 0 Å². The zero-order valence-electron chi connectivity index (χ0n) is 12.2. The molecule has 20 heavy (non-hydrogen) atoms. The fraction of sp³-hybridized carbons (Fsp3) is 0.533. The van der Waals surface area contributed by atoms with Crippen LogP contribution in [-0.4, -0.2) is 27.4 Å². The van der Waals surface area contributed by atoms with Crippen LogP contribution in [0.25, 0.3) is 0 Å². The Hall–Kier alpha value is -1.38. The summed E-state index contributed by atoms with van der Waals surface area (Å²) in [5.41, 5.74) is 0.636. The second kappa shape index (κ2) is 6.87. The van der Waals surface area contributed by atoms with E-state index in [-0.39, 0.29) is 22.7 Å². The minimum absolute atomic E-state index is 0.0386. The molecule has 5 heteroatoms. The molecule has 1 aromatic rings. The molecule has 0 saturated heterocycles. The molecule has 110 valence electrons. The monoisotopic (exact) mass is 295 g/mol. The highest BCUT2D eigenvalue weighted by Gasteiger charge is 2.15. The molecule has 0 aliphatic rings. The van der Waals surface area contributed by atoms with Gasteiger partial charge in [0.25, 0.3) is 0 Å². The fourth-order valence-corrected chi connectivity index (χ4v) is 2.63. The van der Waals surface area contributed by atoms with Crippen molar-refractivity contribution in [2.75, 3.05) is 19.0 Å². The fourth-order valence-electron chi connectivity index (χ4n) is 1.50. The van der Waals surface area contributed by atoms with Gasteiger partial charge in [0.15, 0.2) is 9.84 Å². The van der Waals surface area contributed by atoms with Gasteiger partial charge in [-0.3, -0.25) is 0 Å². The van der Waals surface area contributed by atoms with Gasteiger partial charge in [0.05, 0.1) is 28.9 Å². The second-order valence-corrected chi connectivity index (χ2v) is 7.99. The van der Waals surface area contributed by atoms with Gasteiger partial charge in [-0.1, -0.05) is 20.8 Å². The van der Waals surface area contributed by atoms with Crippen LogP contribution in [0.1, 0.15) is 32.8 Å². The van der Waals surface area contributed by atoms with Crippen molar-refractivity contribution in [2.24, 2.45) is 5.41 Å². The number of hydrogen-bond donors (Lipinski definition) is 0. The Bertz CT molecular complexity index is 563. The predicted molar refractivity (Wildman–Crippen MR) is 78.1 cm³/mol. The number of nitrogens with zero attached hydrogens (tertiary/aromatic N) is 1. The van der Waals surface area contributed by atoms with Crippen LogP contribution in [0.15, 0.2) is 29.2 Å². The maximum absolute atomic E-state index is 12.0. The smallest absolute Gasteiger partial charge is 0.180 e. The quantitative estimate of drug-likeness (QED) is 0.757. The molecule has 0 radical (unpaired) electrons. The molecule has 0 heterocycles. The largest absolute Gasteiger partial charge is 0.380 e. The molecule has 0 aliphatic carbocycles. The van der Waals surface area contributed by atoms with Crippen molar-refractivity contribution in [1.82, 2.24) is 0 Å². The molecule has 4 nitrogen and oxygen atoms in total.